The van der Waals surface area contributed by atoms with Gasteiger partial charge in [-0.15, -0.1) is 0 Å². The lowest BCUT2D eigenvalue weighted by molar-refractivity contribution is 0.402. The Morgan fingerprint density at radius 1 is 0.938 bits per heavy atom. The maximum Gasteiger partial charge on any atom is 0.265 e. The lowest BCUT2D eigenvalue weighted by Crippen LogP contribution is -2.21. The van der Waals surface area contributed by atoms with Crippen LogP contribution in [0.25, 0.3) is 0 Å². The monoisotopic (exact) mass is 453 g/mol. The lowest BCUT2D eigenvalue weighted by atomic mass is 10.2. The normalized spacial score (nSPS) is 13.8. The number of ether oxygens (including phenoxy) is 1. The quantitative estimate of drug-likeness (QED) is 0.552. The third-order valence-electron chi connectivity index (χ3n) is 5.25. The molecule has 0 aliphatic carbocycles. The van der Waals surface area contributed by atoms with Crippen molar-refractivity contribution < 1.29 is 13.2 Å². The summed E-state index contributed by atoms with van der Waals surface area (Å²) < 4.78 is 33.6. The van der Waals surface area contributed by atoms with Crippen LogP contribution in [0.15, 0.2) is 53.4 Å². The van der Waals surface area contributed by atoms with Gasteiger partial charge in [-0.25, -0.2) is 13.4 Å². The van der Waals surface area contributed by atoms with Crippen molar-refractivity contribution in [3.8, 4) is 5.75 Å². The highest BCUT2D eigenvalue weighted by molar-refractivity contribution is 7.92. The fourth-order valence-corrected chi connectivity index (χ4v) is 4.96. The number of aryl methyl sites for hydroxylation is 2. The van der Waals surface area contributed by atoms with Gasteiger partial charge in [-0.05, 0) is 68.7 Å². The number of benzene rings is 2. The third kappa shape index (κ3) is 4.94. The number of aromatic nitrogens is 2. The summed E-state index contributed by atoms with van der Waals surface area (Å²) in [5.41, 5.74) is 2.97. The van der Waals surface area contributed by atoms with Gasteiger partial charge in [0.05, 0.1) is 7.11 Å². The summed E-state index contributed by atoms with van der Waals surface area (Å²) in [6, 6.07) is 14.0. The molecule has 3 aromatic rings. The van der Waals surface area contributed by atoms with Gasteiger partial charge in [0.25, 0.3) is 10.0 Å². The van der Waals surface area contributed by atoms with Crippen LogP contribution in [-0.2, 0) is 10.0 Å². The van der Waals surface area contributed by atoms with Gasteiger partial charge in [0.15, 0.2) is 0 Å². The van der Waals surface area contributed by atoms with E-state index in [1.54, 1.807) is 36.4 Å². The SMILES string of the molecule is COc1ccc(C)cc1S(=O)(=O)Nc1ccc(Nc2cc(C)nc(N3CCCC3)n2)cc1. The molecule has 32 heavy (non-hydrogen) atoms. The van der Waals surface area contributed by atoms with Crippen LogP contribution in [0, 0.1) is 13.8 Å². The van der Waals surface area contributed by atoms with Crippen molar-refractivity contribution in [1.29, 1.82) is 0 Å². The molecule has 0 saturated carbocycles. The average molecular weight is 454 g/mol. The lowest BCUT2D eigenvalue weighted by Gasteiger charge is -2.17. The fraction of sp³-hybridized carbons (Fsp3) is 0.304. The molecule has 2 aromatic carbocycles. The molecule has 0 atom stereocenters. The van der Waals surface area contributed by atoms with Crippen molar-refractivity contribution in [2.75, 3.05) is 35.1 Å². The Balaban J connectivity index is 1.50. The summed E-state index contributed by atoms with van der Waals surface area (Å²) in [6.45, 7) is 5.74. The molecule has 0 unspecified atom stereocenters. The van der Waals surface area contributed by atoms with Crippen LogP contribution < -0.4 is 19.7 Å². The fourth-order valence-electron chi connectivity index (χ4n) is 3.65. The minimum atomic E-state index is -3.79. The Morgan fingerprint density at radius 2 is 1.62 bits per heavy atom. The number of nitrogens with zero attached hydrogens (tertiary/aromatic N) is 3. The maximum absolute atomic E-state index is 12.9. The van der Waals surface area contributed by atoms with Crippen LogP contribution in [0.3, 0.4) is 0 Å². The molecule has 1 aliphatic rings. The molecule has 1 saturated heterocycles. The number of anilines is 4. The standard InChI is InChI=1S/C23H27N5O3S/c1-16-6-11-20(31-3)21(14-16)32(29,30)27-19-9-7-18(8-10-19)25-22-15-17(2)24-23(26-22)28-12-4-5-13-28/h6-11,14-15,27H,4-5,12-13H2,1-3H3,(H,24,25,26). The van der Waals surface area contributed by atoms with E-state index < -0.39 is 10.0 Å². The predicted molar refractivity (Wildman–Crippen MR) is 126 cm³/mol. The number of hydrogen-bond acceptors (Lipinski definition) is 7. The van der Waals surface area contributed by atoms with Crippen LogP contribution in [0.1, 0.15) is 24.1 Å². The number of sulfonamides is 1. The molecule has 1 aliphatic heterocycles. The van der Waals surface area contributed by atoms with E-state index in [9.17, 15) is 8.42 Å². The molecule has 1 fully saturated rings. The van der Waals surface area contributed by atoms with Gasteiger partial charge in [-0.2, -0.15) is 4.98 Å². The number of hydrogen-bond donors (Lipinski definition) is 2. The Labute approximate surface area is 188 Å². The minimum Gasteiger partial charge on any atom is -0.495 e. The third-order valence-corrected chi connectivity index (χ3v) is 6.65. The predicted octanol–water partition coefficient (Wildman–Crippen LogP) is 4.25. The van der Waals surface area contributed by atoms with E-state index >= 15 is 0 Å². The molecule has 0 spiro atoms. The molecule has 2 N–H and O–H groups in total. The summed E-state index contributed by atoms with van der Waals surface area (Å²) in [4.78, 5) is 11.5. The van der Waals surface area contributed by atoms with Crippen LogP contribution >= 0.6 is 0 Å². The molecule has 9 heteroatoms. The summed E-state index contributed by atoms with van der Waals surface area (Å²) in [5.74, 6) is 1.74. The van der Waals surface area contributed by atoms with E-state index in [2.05, 4.69) is 24.9 Å². The highest BCUT2D eigenvalue weighted by Gasteiger charge is 2.20. The minimum absolute atomic E-state index is 0.105. The summed E-state index contributed by atoms with van der Waals surface area (Å²) >= 11 is 0. The Hall–Kier alpha value is -3.33. The number of methoxy groups -OCH3 is 1. The smallest absolute Gasteiger partial charge is 0.265 e. The van der Waals surface area contributed by atoms with Gasteiger partial charge in [0, 0.05) is 36.2 Å². The van der Waals surface area contributed by atoms with Crippen molar-refractivity contribution >= 4 is 33.2 Å². The van der Waals surface area contributed by atoms with Crippen molar-refractivity contribution in [2.45, 2.75) is 31.6 Å². The van der Waals surface area contributed by atoms with Gasteiger partial charge >= 0.3 is 0 Å². The van der Waals surface area contributed by atoms with Crippen molar-refractivity contribution in [3.63, 3.8) is 0 Å². The van der Waals surface area contributed by atoms with Gasteiger partial charge < -0.3 is 15.0 Å². The molecule has 0 bridgehead atoms. The molecular formula is C23H27N5O3S. The molecule has 4 rings (SSSR count). The topological polar surface area (TPSA) is 96.5 Å². The zero-order chi connectivity index (χ0) is 22.7. The largest absolute Gasteiger partial charge is 0.495 e. The Kier molecular flexibility index (Phi) is 6.18. The zero-order valence-electron chi connectivity index (χ0n) is 18.4. The second-order valence-electron chi connectivity index (χ2n) is 7.85. The highest BCUT2D eigenvalue weighted by Crippen LogP contribution is 2.28. The summed E-state index contributed by atoms with van der Waals surface area (Å²) in [6.07, 6.45) is 2.32. The zero-order valence-corrected chi connectivity index (χ0v) is 19.2. The first-order valence-electron chi connectivity index (χ1n) is 10.5. The molecule has 168 valence electrons. The molecular weight excluding hydrogens is 426 g/mol. The summed E-state index contributed by atoms with van der Waals surface area (Å²) in [5, 5.41) is 3.28. The van der Waals surface area contributed by atoms with E-state index in [1.165, 1.54) is 7.11 Å². The van der Waals surface area contributed by atoms with Crippen molar-refractivity contribution in [1.82, 2.24) is 9.97 Å². The molecule has 0 amide bonds. The van der Waals surface area contributed by atoms with E-state index in [-0.39, 0.29) is 4.90 Å². The molecule has 8 nitrogen and oxygen atoms in total. The van der Waals surface area contributed by atoms with Gasteiger partial charge in [-0.1, -0.05) is 6.07 Å². The van der Waals surface area contributed by atoms with Gasteiger partial charge in [0.2, 0.25) is 5.95 Å². The molecule has 1 aromatic heterocycles. The van der Waals surface area contributed by atoms with E-state index in [0.717, 1.165) is 48.8 Å². The van der Waals surface area contributed by atoms with Crippen LogP contribution in [-0.4, -0.2) is 38.6 Å². The highest BCUT2D eigenvalue weighted by atomic mass is 32.2. The molecule has 2 heterocycles. The van der Waals surface area contributed by atoms with E-state index in [0.29, 0.717) is 17.3 Å². The van der Waals surface area contributed by atoms with Gasteiger partial charge in [-0.3, -0.25) is 4.72 Å². The van der Waals surface area contributed by atoms with Gasteiger partial charge in [0.1, 0.15) is 16.5 Å². The van der Waals surface area contributed by atoms with E-state index in [1.807, 2.05) is 26.0 Å². The average Bonchev–Trinajstić information content (AvgIpc) is 3.30. The Morgan fingerprint density at radius 3 is 2.31 bits per heavy atom. The first-order valence-corrected chi connectivity index (χ1v) is 12.0. The molecule has 0 radical (unpaired) electrons. The number of nitrogens with one attached hydrogen (secondary N) is 2. The van der Waals surface area contributed by atoms with Crippen LogP contribution in [0.2, 0.25) is 0 Å². The van der Waals surface area contributed by atoms with Crippen molar-refractivity contribution in [3.05, 3.63) is 59.8 Å². The number of rotatable bonds is 7. The first-order chi connectivity index (χ1) is 15.3. The Bertz CT molecular complexity index is 1210. The van der Waals surface area contributed by atoms with Crippen LogP contribution in [0.5, 0.6) is 5.75 Å². The second kappa shape index (κ2) is 9.04. The first kappa shape index (κ1) is 21.9. The second-order valence-corrected chi connectivity index (χ2v) is 9.50. The van der Waals surface area contributed by atoms with Crippen LogP contribution in [0.4, 0.5) is 23.1 Å². The maximum atomic E-state index is 12.9. The van der Waals surface area contributed by atoms with E-state index in [4.69, 9.17) is 4.74 Å². The summed E-state index contributed by atoms with van der Waals surface area (Å²) in [7, 11) is -2.34. The van der Waals surface area contributed by atoms with Crippen molar-refractivity contribution in [2.24, 2.45) is 0 Å².